The zero-order valence-electron chi connectivity index (χ0n) is 29.1. The molecular weight excluding hydrogens is 605 g/mol. The van der Waals surface area contributed by atoms with Gasteiger partial charge in [-0.05, 0) is 111 Å². The number of nitrogens with zero attached hydrogens (tertiary/aromatic N) is 2. The summed E-state index contributed by atoms with van der Waals surface area (Å²) in [4.78, 5) is 4.84. The zero-order chi connectivity index (χ0) is 34.0. The van der Waals surface area contributed by atoms with Crippen molar-refractivity contribution in [3.05, 3.63) is 192 Å². The molecule has 0 saturated carbocycles. The third-order valence-corrected chi connectivity index (χ3v) is 11.0. The second-order valence-corrected chi connectivity index (χ2v) is 14.7. The van der Waals surface area contributed by atoms with E-state index < -0.39 is 0 Å². The molecule has 2 heteroatoms. The third kappa shape index (κ3) is 4.63. The number of fused-ring (bicyclic) bond motifs is 4. The first-order chi connectivity index (χ1) is 24.3. The van der Waals surface area contributed by atoms with E-state index in [0.29, 0.717) is 0 Å². The molecule has 50 heavy (non-hydrogen) atoms. The van der Waals surface area contributed by atoms with Crippen LogP contribution in [0.15, 0.2) is 170 Å². The molecule has 2 aliphatic rings. The molecule has 0 aromatic heterocycles. The van der Waals surface area contributed by atoms with Crippen molar-refractivity contribution in [1.29, 1.82) is 0 Å². The van der Waals surface area contributed by atoms with Gasteiger partial charge in [-0.3, -0.25) is 0 Å². The van der Waals surface area contributed by atoms with E-state index in [4.69, 9.17) is 0 Å². The van der Waals surface area contributed by atoms with E-state index in [1.807, 2.05) is 0 Å². The quantitative estimate of drug-likeness (QED) is 0.188. The fourth-order valence-electron chi connectivity index (χ4n) is 8.36. The van der Waals surface area contributed by atoms with Crippen LogP contribution < -0.4 is 9.80 Å². The van der Waals surface area contributed by atoms with Gasteiger partial charge in [0.1, 0.15) is 0 Å². The fraction of sp³-hybridized carbons (Fsp3) is 0.125. The first-order valence-corrected chi connectivity index (χ1v) is 17.6. The Hall–Kier alpha value is -5.86. The summed E-state index contributed by atoms with van der Waals surface area (Å²) in [5.74, 6) is 0. The fourth-order valence-corrected chi connectivity index (χ4v) is 8.36. The standard InChI is InChI=1S/C48H40N2/c1-47(2)39-22-11-13-24-43(39)49(37-18-7-5-8-19-37)45-28-26-35(31-41(45)47)33-16-15-17-34(30-33)36-27-29-46-42(32-36)48(3,4)40-23-12-14-25-44(40)50(46)38-20-9-6-10-21-38/h5-32H,1-4H3. The second kappa shape index (κ2) is 11.4. The summed E-state index contributed by atoms with van der Waals surface area (Å²) >= 11 is 0. The van der Waals surface area contributed by atoms with Gasteiger partial charge in [0.25, 0.3) is 0 Å². The van der Waals surface area contributed by atoms with Crippen molar-refractivity contribution in [2.75, 3.05) is 9.80 Å². The minimum atomic E-state index is -0.157. The highest BCUT2D eigenvalue weighted by molar-refractivity contribution is 5.89. The predicted octanol–water partition coefficient (Wildman–Crippen LogP) is 13.2. The summed E-state index contributed by atoms with van der Waals surface area (Å²) in [5, 5.41) is 0. The van der Waals surface area contributed by atoms with Crippen LogP contribution in [0.5, 0.6) is 0 Å². The Bertz CT molecular complexity index is 2220. The highest BCUT2D eigenvalue weighted by Gasteiger charge is 2.38. The van der Waals surface area contributed by atoms with Crippen LogP contribution in [0, 0.1) is 0 Å². The zero-order valence-corrected chi connectivity index (χ0v) is 29.1. The molecule has 0 fully saturated rings. The molecule has 2 heterocycles. The number of anilines is 6. The van der Waals surface area contributed by atoms with Crippen molar-refractivity contribution in [2.45, 2.75) is 38.5 Å². The number of rotatable bonds is 4. The minimum absolute atomic E-state index is 0.157. The van der Waals surface area contributed by atoms with Crippen LogP contribution in [-0.4, -0.2) is 0 Å². The number of benzene rings is 7. The van der Waals surface area contributed by atoms with Crippen LogP contribution in [0.2, 0.25) is 0 Å². The Morgan fingerprint density at radius 3 is 1.10 bits per heavy atom. The lowest BCUT2D eigenvalue weighted by molar-refractivity contribution is 0.632. The Morgan fingerprint density at radius 1 is 0.300 bits per heavy atom. The van der Waals surface area contributed by atoms with E-state index >= 15 is 0 Å². The Kier molecular flexibility index (Phi) is 6.86. The van der Waals surface area contributed by atoms with E-state index in [-0.39, 0.29) is 10.8 Å². The molecule has 242 valence electrons. The Labute approximate surface area is 295 Å². The van der Waals surface area contributed by atoms with Crippen molar-refractivity contribution in [1.82, 2.24) is 0 Å². The van der Waals surface area contributed by atoms with Crippen LogP contribution in [0.3, 0.4) is 0 Å². The minimum Gasteiger partial charge on any atom is -0.310 e. The van der Waals surface area contributed by atoms with Crippen molar-refractivity contribution in [3.8, 4) is 22.3 Å². The highest BCUT2D eigenvalue weighted by atomic mass is 15.2. The van der Waals surface area contributed by atoms with Gasteiger partial charge < -0.3 is 9.80 Å². The normalized spacial score (nSPS) is 15.0. The molecule has 0 unspecified atom stereocenters. The summed E-state index contributed by atoms with van der Waals surface area (Å²) in [5.41, 5.74) is 17.2. The average molecular weight is 645 g/mol. The number of para-hydroxylation sites is 4. The van der Waals surface area contributed by atoms with Crippen molar-refractivity contribution < 1.29 is 0 Å². The lowest BCUT2D eigenvalue weighted by Crippen LogP contribution is -2.30. The van der Waals surface area contributed by atoms with Gasteiger partial charge in [0.05, 0.1) is 22.7 Å². The molecule has 0 saturated heterocycles. The molecule has 0 atom stereocenters. The lowest BCUT2D eigenvalue weighted by atomic mass is 9.72. The largest absolute Gasteiger partial charge is 0.310 e. The monoisotopic (exact) mass is 644 g/mol. The maximum absolute atomic E-state index is 2.42. The SMILES string of the molecule is CC1(C)c2ccccc2N(c2ccccc2)c2ccc(-c3cccc(-c4ccc5c(c4)C(C)(C)c4ccccc4N5c4ccccc4)c3)cc21. The molecule has 0 bridgehead atoms. The van der Waals surface area contributed by atoms with E-state index in [1.165, 1.54) is 78.6 Å². The van der Waals surface area contributed by atoms with Crippen LogP contribution in [0.1, 0.15) is 49.9 Å². The third-order valence-electron chi connectivity index (χ3n) is 11.0. The highest BCUT2D eigenvalue weighted by Crippen LogP contribution is 2.54. The Balaban J connectivity index is 1.14. The molecule has 7 aromatic rings. The van der Waals surface area contributed by atoms with Gasteiger partial charge in [0.2, 0.25) is 0 Å². The first-order valence-electron chi connectivity index (χ1n) is 17.6. The molecule has 0 radical (unpaired) electrons. The van der Waals surface area contributed by atoms with Gasteiger partial charge in [0, 0.05) is 22.2 Å². The van der Waals surface area contributed by atoms with Gasteiger partial charge in [-0.1, -0.05) is 131 Å². The molecular formula is C48H40N2. The van der Waals surface area contributed by atoms with Gasteiger partial charge in [-0.15, -0.1) is 0 Å². The maximum atomic E-state index is 2.42. The van der Waals surface area contributed by atoms with E-state index in [9.17, 15) is 0 Å². The second-order valence-electron chi connectivity index (χ2n) is 14.7. The van der Waals surface area contributed by atoms with Gasteiger partial charge >= 0.3 is 0 Å². The summed E-state index contributed by atoms with van der Waals surface area (Å²) in [7, 11) is 0. The summed E-state index contributed by atoms with van der Waals surface area (Å²) < 4.78 is 0. The van der Waals surface area contributed by atoms with Crippen molar-refractivity contribution in [2.24, 2.45) is 0 Å². The molecule has 2 nitrogen and oxygen atoms in total. The van der Waals surface area contributed by atoms with Gasteiger partial charge in [-0.25, -0.2) is 0 Å². The lowest BCUT2D eigenvalue weighted by Gasteiger charge is -2.42. The topological polar surface area (TPSA) is 6.48 Å². The Morgan fingerprint density at radius 2 is 0.660 bits per heavy atom. The average Bonchev–Trinajstić information content (AvgIpc) is 3.16. The van der Waals surface area contributed by atoms with Gasteiger partial charge in [-0.2, -0.15) is 0 Å². The molecule has 0 aliphatic carbocycles. The van der Waals surface area contributed by atoms with Crippen LogP contribution in [0.4, 0.5) is 34.1 Å². The van der Waals surface area contributed by atoms with E-state index in [2.05, 4.69) is 207 Å². The van der Waals surface area contributed by atoms with Crippen LogP contribution in [-0.2, 0) is 10.8 Å². The maximum Gasteiger partial charge on any atom is 0.0503 e. The molecule has 9 rings (SSSR count). The molecule has 2 aliphatic heterocycles. The van der Waals surface area contributed by atoms with Crippen molar-refractivity contribution in [3.63, 3.8) is 0 Å². The number of hydrogen-bond acceptors (Lipinski definition) is 2. The summed E-state index contributed by atoms with van der Waals surface area (Å²) in [6.07, 6.45) is 0. The van der Waals surface area contributed by atoms with E-state index in [1.54, 1.807) is 0 Å². The molecule has 0 amide bonds. The van der Waals surface area contributed by atoms with E-state index in [0.717, 1.165) is 0 Å². The number of hydrogen-bond donors (Lipinski definition) is 0. The molecule has 0 N–H and O–H groups in total. The summed E-state index contributed by atoms with van der Waals surface area (Å²) in [6.45, 7) is 9.44. The molecule has 0 spiro atoms. The molecule has 7 aromatic carbocycles. The van der Waals surface area contributed by atoms with Crippen LogP contribution in [0.25, 0.3) is 22.3 Å². The van der Waals surface area contributed by atoms with Crippen molar-refractivity contribution >= 4 is 34.1 Å². The first kappa shape index (κ1) is 30.2. The summed E-state index contributed by atoms with van der Waals surface area (Å²) in [6, 6.07) is 62.3. The smallest absolute Gasteiger partial charge is 0.0503 e. The van der Waals surface area contributed by atoms with Crippen LogP contribution >= 0.6 is 0 Å². The predicted molar refractivity (Wildman–Crippen MR) is 211 cm³/mol. The van der Waals surface area contributed by atoms with Gasteiger partial charge in [0.15, 0.2) is 0 Å².